The van der Waals surface area contributed by atoms with Crippen LogP contribution in [0.2, 0.25) is 0 Å². The summed E-state index contributed by atoms with van der Waals surface area (Å²) in [7, 11) is -3.14. The van der Waals surface area contributed by atoms with Crippen LogP contribution in [-0.2, 0) is 15.6 Å². The number of benzene rings is 1. The molecule has 0 fully saturated rings. The molecule has 0 amide bonds. The molecule has 0 saturated heterocycles. The van der Waals surface area contributed by atoms with Crippen molar-refractivity contribution in [2.24, 2.45) is 0 Å². The average Bonchev–Trinajstić information content (AvgIpc) is 2.16. The molecule has 3 nitrogen and oxygen atoms in total. The van der Waals surface area contributed by atoms with Crippen molar-refractivity contribution in [3.05, 3.63) is 47.5 Å². The van der Waals surface area contributed by atoms with Gasteiger partial charge in [-0.25, -0.2) is 8.42 Å². The maximum absolute atomic E-state index is 11.6. The van der Waals surface area contributed by atoms with Gasteiger partial charge >= 0.3 is 0 Å². The summed E-state index contributed by atoms with van der Waals surface area (Å²) in [6, 6.07) is 8.54. The highest BCUT2D eigenvalue weighted by Gasteiger charge is 2.11. The van der Waals surface area contributed by atoms with Crippen LogP contribution in [0.25, 0.3) is 0 Å². The first-order valence-corrected chi connectivity index (χ1v) is 6.59. The van der Waals surface area contributed by atoms with E-state index in [0.717, 1.165) is 0 Å². The van der Waals surface area contributed by atoms with Crippen LogP contribution >= 0.6 is 0 Å². The monoisotopic (exact) mass is 235 g/mol. The van der Waals surface area contributed by atoms with Gasteiger partial charge in [0.15, 0.2) is 9.84 Å². The first-order valence-electron chi connectivity index (χ1n) is 4.77. The third-order valence-electron chi connectivity index (χ3n) is 1.94. The molecular formula is C12H13NO2S. The van der Waals surface area contributed by atoms with E-state index in [-0.39, 0.29) is 11.5 Å². The number of sulfone groups is 1. The van der Waals surface area contributed by atoms with Gasteiger partial charge in [0.2, 0.25) is 0 Å². The van der Waals surface area contributed by atoms with Crippen molar-refractivity contribution in [3.8, 4) is 6.07 Å². The molecule has 1 aromatic rings. The lowest BCUT2D eigenvalue weighted by Gasteiger charge is -2.04. The van der Waals surface area contributed by atoms with E-state index in [4.69, 9.17) is 5.26 Å². The zero-order chi connectivity index (χ0) is 12.2. The van der Waals surface area contributed by atoms with Crippen molar-refractivity contribution in [2.75, 3.05) is 5.75 Å². The molecule has 84 valence electrons. The third kappa shape index (κ3) is 3.87. The summed E-state index contributed by atoms with van der Waals surface area (Å²) in [4.78, 5) is 0. The van der Waals surface area contributed by atoms with E-state index < -0.39 is 9.84 Å². The van der Waals surface area contributed by atoms with Gasteiger partial charge < -0.3 is 0 Å². The Morgan fingerprint density at radius 2 is 1.94 bits per heavy atom. The zero-order valence-electron chi connectivity index (χ0n) is 9.10. The lowest BCUT2D eigenvalue weighted by Crippen LogP contribution is -2.09. The lowest BCUT2D eigenvalue weighted by molar-refractivity contribution is 0.597. The van der Waals surface area contributed by atoms with Gasteiger partial charge in [-0.2, -0.15) is 5.26 Å². The molecule has 1 aromatic carbocycles. The fraction of sp³-hybridized carbons (Fsp3) is 0.250. The molecule has 0 saturated carbocycles. The highest BCUT2D eigenvalue weighted by molar-refractivity contribution is 7.90. The number of nitriles is 1. The van der Waals surface area contributed by atoms with Gasteiger partial charge in [-0.05, 0) is 24.6 Å². The van der Waals surface area contributed by atoms with Crippen LogP contribution < -0.4 is 0 Å². The minimum atomic E-state index is -3.14. The minimum absolute atomic E-state index is 0.00695. The van der Waals surface area contributed by atoms with Crippen molar-refractivity contribution >= 4 is 9.84 Å². The summed E-state index contributed by atoms with van der Waals surface area (Å²) < 4.78 is 23.3. The molecule has 4 heteroatoms. The Bertz CT molecular complexity index is 521. The Balaban J connectivity index is 2.81. The first kappa shape index (κ1) is 12.5. The van der Waals surface area contributed by atoms with E-state index in [1.54, 1.807) is 31.2 Å². The van der Waals surface area contributed by atoms with Crippen LogP contribution in [0, 0.1) is 11.3 Å². The van der Waals surface area contributed by atoms with Gasteiger partial charge in [0.25, 0.3) is 0 Å². The maximum Gasteiger partial charge on any atom is 0.158 e. The van der Waals surface area contributed by atoms with Crippen molar-refractivity contribution in [3.63, 3.8) is 0 Å². The fourth-order valence-corrected chi connectivity index (χ4v) is 2.91. The van der Waals surface area contributed by atoms with Gasteiger partial charge in [-0.15, -0.1) is 0 Å². The summed E-state index contributed by atoms with van der Waals surface area (Å²) in [5.74, 6) is -0.00142. The Hall–Kier alpha value is -1.60. The topological polar surface area (TPSA) is 57.9 Å². The Morgan fingerprint density at radius 3 is 2.38 bits per heavy atom. The highest BCUT2D eigenvalue weighted by Crippen LogP contribution is 2.10. The van der Waals surface area contributed by atoms with Gasteiger partial charge in [-0.1, -0.05) is 24.3 Å². The van der Waals surface area contributed by atoms with Gasteiger partial charge in [0.1, 0.15) is 0 Å². The molecule has 1 rings (SSSR count). The largest absolute Gasteiger partial charge is 0.228 e. The van der Waals surface area contributed by atoms with Crippen LogP contribution in [0.15, 0.2) is 36.4 Å². The molecule has 0 aromatic heterocycles. The standard InChI is InChI=1S/C12H13NO2S/c1-10(2)8-16(14,15)9-12-5-3-11(7-13)4-6-12/h3-6H,1,8-9H2,2H3. The highest BCUT2D eigenvalue weighted by atomic mass is 32.2. The Morgan fingerprint density at radius 1 is 1.38 bits per heavy atom. The zero-order valence-corrected chi connectivity index (χ0v) is 9.92. The van der Waals surface area contributed by atoms with E-state index in [9.17, 15) is 8.42 Å². The Labute approximate surface area is 95.9 Å². The van der Waals surface area contributed by atoms with Crippen molar-refractivity contribution in [1.82, 2.24) is 0 Å². The molecule has 0 aliphatic rings. The van der Waals surface area contributed by atoms with Crippen molar-refractivity contribution in [2.45, 2.75) is 12.7 Å². The molecule has 0 aliphatic heterocycles. The quantitative estimate of drug-likeness (QED) is 0.750. The van der Waals surface area contributed by atoms with Crippen molar-refractivity contribution in [1.29, 1.82) is 5.26 Å². The van der Waals surface area contributed by atoms with E-state index in [0.29, 0.717) is 16.7 Å². The summed E-state index contributed by atoms with van der Waals surface area (Å²) in [5.41, 5.74) is 1.86. The minimum Gasteiger partial charge on any atom is -0.228 e. The molecule has 0 radical (unpaired) electrons. The number of rotatable bonds is 4. The normalized spacial score (nSPS) is 10.8. The predicted octanol–water partition coefficient (Wildman–Crippen LogP) is 2.05. The van der Waals surface area contributed by atoms with E-state index in [1.807, 2.05) is 6.07 Å². The third-order valence-corrected chi connectivity index (χ3v) is 3.64. The molecule has 0 aliphatic carbocycles. The van der Waals surface area contributed by atoms with Crippen LogP contribution in [0.4, 0.5) is 0 Å². The average molecular weight is 235 g/mol. The second kappa shape index (κ2) is 4.95. The van der Waals surface area contributed by atoms with Crippen LogP contribution in [0.3, 0.4) is 0 Å². The number of nitrogens with zero attached hydrogens (tertiary/aromatic N) is 1. The second-order valence-electron chi connectivity index (χ2n) is 3.80. The number of hydrogen-bond donors (Lipinski definition) is 0. The summed E-state index contributed by atoms with van der Waals surface area (Å²) in [6.45, 7) is 5.28. The van der Waals surface area contributed by atoms with Gasteiger partial charge in [0.05, 0.1) is 23.1 Å². The van der Waals surface area contributed by atoms with E-state index in [2.05, 4.69) is 6.58 Å². The van der Waals surface area contributed by atoms with Gasteiger partial charge in [0, 0.05) is 0 Å². The van der Waals surface area contributed by atoms with Crippen LogP contribution in [-0.4, -0.2) is 14.2 Å². The van der Waals surface area contributed by atoms with E-state index >= 15 is 0 Å². The molecule has 0 atom stereocenters. The number of hydrogen-bond acceptors (Lipinski definition) is 3. The predicted molar refractivity (Wildman–Crippen MR) is 63.5 cm³/mol. The Kier molecular flexibility index (Phi) is 3.86. The fourth-order valence-electron chi connectivity index (χ4n) is 1.36. The van der Waals surface area contributed by atoms with Crippen LogP contribution in [0.1, 0.15) is 18.1 Å². The van der Waals surface area contributed by atoms with Crippen LogP contribution in [0.5, 0.6) is 0 Å². The van der Waals surface area contributed by atoms with Crippen molar-refractivity contribution < 1.29 is 8.42 Å². The summed E-state index contributed by atoms with van der Waals surface area (Å²) >= 11 is 0. The molecule has 0 heterocycles. The molecular weight excluding hydrogens is 222 g/mol. The van der Waals surface area contributed by atoms with E-state index in [1.165, 1.54) is 0 Å². The molecule has 0 N–H and O–H groups in total. The second-order valence-corrected chi connectivity index (χ2v) is 5.86. The maximum atomic E-state index is 11.6. The summed E-state index contributed by atoms with van der Waals surface area (Å²) in [6.07, 6.45) is 0. The smallest absolute Gasteiger partial charge is 0.158 e. The molecule has 16 heavy (non-hydrogen) atoms. The molecule has 0 bridgehead atoms. The molecule has 0 spiro atoms. The first-order chi connectivity index (χ1) is 7.43. The lowest BCUT2D eigenvalue weighted by atomic mass is 10.2. The SMILES string of the molecule is C=C(C)CS(=O)(=O)Cc1ccc(C#N)cc1. The molecule has 0 unspecified atom stereocenters. The summed E-state index contributed by atoms with van der Waals surface area (Å²) in [5, 5.41) is 8.60. The van der Waals surface area contributed by atoms with Gasteiger partial charge in [-0.3, -0.25) is 0 Å².